The van der Waals surface area contributed by atoms with Gasteiger partial charge in [0.25, 0.3) is 0 Å². The van der Waals surface area contributed by atoms with Gasteiger partial charge in [-0.15, -0.1) is 11.3 Å². The minimum absolute atomic E-state index is 0.0627. The van der Waals surface area contributed by atoms with E-state index in [4.69, 9.17) is 0 Å². The minimum Gasteiger partial charge on any atom is -0.302 e. The maximum atomic E-state index is 12.3. The van der Waals surface area contributed by atoms with Crippen molar-refractivity contribution in [1.82, 2.24) is 4.98 Å². The van der Waals surface area contributed by atoms with E-state index in [0.29, 0.717) is 11.6 Å². The maximum Gasteiger partial charge on any atom is 0.230 e. The van der Waals surface area contributed by atoms with E-state index in [1.165, 1.54) is 11.3 Å². The van der Waals surface area contributed by atoms with Crippen LogP contribution in [0.15, 0.2) is 30.3 Å². The average Bonchev–Trinajstić information content (AvgIpc) is 3.11. The molecule has 1 fully saturated rings. The van der Waals surface area contributed by atoms with Gasteiger partial charge < -0.3 is 5.32 Å². The Labute approximate surface area is 146 Å². The van der Waals surface area contributed by atoms with E-state index < -0.39 is 15.8 Å². The number of sulfone groups is 1. The van der Waals surface area contributed by atoms with Crippen LogP contribution >= 0.6 is 11.3 Å². The summed E-state index contributed by atoms with van der Waals surface area (Å²) in [6.45, 7) is 4.18. The quantitative estimate of drug-likeness (QED) is 0.903. The molecule has 0 spiro atoms. The summed E-state index contributed by atoms with van der Waals surface area (Å²) in [5.74, 6) is -0.404. The van der Waals surface area contributed by atoms with Gasteiger partial charge in [-0.2, -0.15) is 0 Å². The lowest BCUT2D eigenvalue weighted by Crippen LogP contribution is -2.23. The van der Waals surface area contributed by atoms with Crippen molar-refractivity contribution < 1.29 is 13.2 Å². The first-order chi connectivity index (χ1) is 11.4. The Bertz CT molecular complexity index is 842. The molecule has 1 N–H and O–H groups in total. The number of nitrogens with one attached hydrogen (secondary N) is 1. The average molecular weight is 364 g/mol. The van der Waals surface area contributed by atoms with Crippen molar-refractivity contribution in [3.8, 4) is 11.3 Å². The van der Waals surface area contributed by atoms with Crippen molar-refractivity contribution in [2.75, 3.05) is 16.8 Å². The fourth-order valence-corrected chi connectivity index (χ4v) is 5.52. The lowest BCUT2D eigenvalue weighted by Gasteiger charge is -2.06. The molecule has 0 saturated carbocycles. The Morgan fingerprint density at radius 2 is 2.00 bits per heavy atom. The number of thiazole rings is 1. The Balaban J connectivity index is 1.83. The fraction of sp³-hybridized carbons (Fsp3) is 0.412. The van der Waals surface area contributed by atoms with Crippen LogP contribution in [0.25, 0.3) is 11.3 Å². The van der Waals surface area contributed by atoms with E-state index in [0.717, 1.165) is 16.1 Å². The van der Waals surface area contributed by atoms with Crippen molar-refractivity contribution in [3.05, 3.63) is 35.2 Å². The number of carbonyl (C=O) groups excluding carboxylic acids is 1. The second-order valence-corrected chi connectivity index (χ2v) is 9.60. The van der Waals surface area contributed by atoms with Gasteiger partial charge in [-0.3, -0.25) is 4.79 Å². The summed E-state index contributed by atoms with van der Waals surface area (Å²) >= 11 is 1.46. The summed E-state index contributed by atoms with van der Waals surface area (Å²) in [6.07, 6.45) is 0.391. The third kappa shape index (κ3) is 3.67. The molecule has 1 aliphatic rings. The van der Waals surface area contributed by atoms with E-state index in [2.05, 4.69) is 24.1 Å². The zero-order chi connectivity index (χ0) is 17.3. The van der Waals surface area contributed by atoms with Gasteiger partial charge in [0.1, 0.15) is 0 Å². The molecular weight excluding hydrogens is 344 g/mol. The lowest BCUT2D eigenvalue weighted by molar-refractivity contribution is -0.119. The first kappa shape index (κ1) is 17.1. The van der Waals surface area contributed by atoms with Gasteiger partial charge in [0.2, 0.25) is 5.91 Å². The van der Waals surface area contributed by atoms with E-state index in [1.54, 1.807) is 0 Å². The van der Waals surface area contributed by atoms with E-state index in [-0.39, 0.29) is 23.3 Å². The summed E-state index contributed by atoms with van der Waals surface area (Å²) in [7, 11) is -3.07. The molecule has 1 amide bonds. The maximum absolute atomic E-state index is 12.3. The molecule has 5 nitrogen and oxygen atoms in total. The SMILES string of the molecule is CC(C)c1sc(NC(=O)C2CCS(=O)(=O)C2)nc1-c1ccccc1. The van der Waals surface area contributed by atoms with Crippen LogP contribution in [0.3, 0.4) is 0 Å². The normalized spacial score (nSPS) is 19.5. The summed E-state index contributed by atoms with van der Waals surface area (Å²) in [4.78, 5) is 18.0. The van der Waals surface area contributed by atoms with Crippen molar-refractivity contribution in [3.63, 3.8) is 0 Å². The van der Waals surface area contributed by atoms with Gasteiger partial charge in [0, 0.05) is 10.4 Å². The minimum atomic E-state index is -3.07. The Hall–Kier alpha value is -1.73. The molecule has 128 valence electrons. The molecule has 0 aliphatic carbocycles. The predicted molar refractivity (Wildman–Crippen MR) is 97.0 cm³/mol. The van der Waals surface area contributed by atoms with Crippen LogP contribution in [0.2, 0.25) is 0 Å². The topological polar surface area (TPSA) is 76.1 Å². The molecular formula is C17H20N2O3S2. The van der Waals surface area contributed by atoms with Crippen molar-refractivity contribution in [2.45, 2.75) is 26.2 Å². The van der Waals surface area contributed by atoms with E-state index in [1.807, 2.05) is 30.3 Å². The number of amides is 1. The predicted octanol–water partition coefficient (Wildman–Crippen LogP) is 3.31. The highest BCUT2D eigenvalue weighted by molar-refractivity contribution is 7.91. The molecule has 1 aromatic carbocycles. The van der Waals surface area contributed by atoms with Gasteiger partial charge >= 0.3 is 0 Å². The van der Waals surface area contributed by atoms with E-state index in [9.17, 15) is 13.2 Å². The molecule has 1 unspecified atom stereocenters. The highest BCUT2D eigenvalue weighted by Crippen LogP contribution is 2.36. The van der Waals surface area contributed by atoms with Crippen molar-refractivity contribution in [1.29, 1.82) is 0 Å². The number of rotatable bonds is 4. The number of anilines is 1. The molecule has 1 aliphatic heterocycles. The first-order valence-corrected chi connectivity index (χ1v) is 10.6. The van der Waals surface area contributed by atoms with E-state index >= 15 is 0 Å². The summed E-state index contributed by atoms with van der Waals surface area (Å²) < 4.78 is 23.1. The van der Waals surface area contributed by atoms with Crippen molar-refractivity contribution >= 4 is 32.2 Å². The summed E-state index contributed by atoms with van der Waals surface area (Å²) in [5, 5.41) is 3.35. The Morgan fingerprint density at radius 1 is 1.29 bits per heavy atom. The van der Waals surface area contributed by atoms with Crippen LogP contribution in [0.1, 0.15) is 31.1 Å². The lowest BCUT2D eigenvalue weighted by atomic mass is 10.1. The number of hydrogen-bond acceptors (Lipinski definition) is 5. The molecule has 1 atom stereocenters. The summed E-state index contributed by atoms with van der Waals surface area (Å²) in [6, 6.07) is 9.86. The first-order valence-electron chi connectivity index (χ1n) is 7.93. The second-order valence-electron chi connectivity index (χ2n) is 6.34. The third-order valence-corrected chi connectivity index (χ3v) is 7.10. The number of benzene rings is 1. The molecule has 2 heterocycles. The van der Waals surface area contributed by atoms with Gasteiger partial charge in [0.15, 0.2) is 15.0 Å². The highest BCUT2D eigenvalue weighted by Gasteiger charge is 2.33. The molecule has 1 aromatic heterocycles. The standard InChI is InChI=1S/C17H20N2O3S2/c1-11(2)15-14(12-6-4-3-5-7-12)18-17(23-15)19-16(20)13-8-9-24(21,22)10-13/h3-7,11,13H,8-10H2,1-2H3,(H,18,19,20). The molecule has 1 saturated heterocycles. The van der Waals surface area contributed by atoms with Gasteiger partial charge in [-0.25, -0.2) is 13.4 Å². The molecule has 7 heteroatoms. The van der Waals surface area contributed by atoms with Crippen LogP contribution in [0.4, 0.5) is 5.13 Å². The smallest absolute Gasteiger partial charge is 0.230 e. The number of aromatic nitrogens is 1. The molecule has 2 aromatic rings. The largest absolute Gasteiger partial charge is 0.302 e. The number of hydrogen-bond donors (Lipinski definition) is 1. The molecule has 3 rings (SSSR count). The van der Waals surface area contributed by atoms with Crippen LogP contribution in [-0.2, 0) is 14.6 Å². The van der Waals surface area contributed by atoms with Crippen LogP contribution in [0, 0.1) is 5.92 Å². The number of nitrogens with zero attached hydrogens (tertiary/aromatic N) is 1. The van der Waals surface area contributed by atoms with Gasteiger partial charge in [-0.1, -0.05) is 44.2 Å². The van der Waals surface area contributed by atoms with Gasteiger partial charge in [-0.05, 0) is 12.3 Å². The van der Waals surface area contributed by atoms with Crippen LogP contribution < -0.4 is 5.32 Å². The zero-order valence-corrected chi connectivity index (χ0v) is 15.3. The summed E-state index contributed by atoms with van der Waals surface area (Å²) in [5.41, 5.74) is 1.89. The number of carbonyl (C=O) groups is 1. The molecule has 24 heavy (non-hydrogen) atoms. The second kappa shape index (κ2) is 6.64. The van der Waals surface area contributed by atoms with Gasteiger partial charge in [0.05, 0.1) is 23.1 Å². The monoisotopic (exact) mass is 364 g/mol. The zero-order valence-electron chi connectivity index (χ0n) is 13.7. The molecule has 0 radical (unpaired) electrons. The Morgan fingerprint density at radius 3 is 2.58 bits per heavy atom. The highest BCUT2D eigenvalue weighted by atomic mass is 32.2. The van der Waals surface area contributed by atoms with Crippen LogP contribution in [0.5, 0.6) is 0 Å². The van der Waals surface area contributed by atoms with Crippen LogP contribution in [-0.4, -0.2) is 30.8 Å². The molecule has 0 bridgehead atoms. The third-order valence-electron chi connectivity index (χ3n) is 4.06. The fourth-order valence-electron chi connectivity index (χ4n) is 2.79. The Kier molecular flexibility index (Phi) is 4.73. The van der Waals surface area contributed by atoms with Crippen molar-refractivity contribution in [2.24, 2.45) is 5.92 Å².